The fraction of sp³-hybridized carbons (Fsp3) is 0.364. The normalized spacial score (nSPS) is 10.3. The second kappa shape index (κ2) is 10.4. The molecule has 0 radical (unpaired) electrons. The third-order valence-electron chi connectivity index (χ3n) is 4.21. The third kappa shape index (κ3) is 7.13. The van der Waals surface area contributed by atoms with Gasteiger partial charge in [-0.25, -0.2) is 0 Å². The molecule has 0 heterocycles. The van der Waals surface area contributed by atoms with E-state index in [0.29, 0.717) is 25.1 Å². The van der Waals surface area contributed by atoms with Crippen molar-refractivity contribution in [3.8, 4) is 11.5 Å². The van der Waals surface area contributed by atoms with Crippen molar-refractivity contribution in [1.82, 2.24) is 5.32 Å². The van der Waals surface area contributed by atoms with E-state index in [4.69, 9.17) is 9.47 Å². The molecule has 2 aromatic rings. The molecule has 144 valence electrons. The lowest BCUT2D eigenvalue weighted by molar-refractivity contribution is -0.123. The monoisotopic (exact) mass is 369 g/mol. The van der Waals surface area contributed by atoms with E-state index in [9.17, 15) is 9.59 Å². The lowest BCUT2D eigenvalue weighted by Gasteiger charge is -2.11. The number of amides is 1. The highest BCUT2D eigenvalue weighted by atomic mass is 16.5. The van der Waals surface area contributed by atoms with Crippen molar-refractivity contribution in [2.45, 2.75) is 33.1 Å². The van der Waals surface area contributed by atoms with Crippen LogP contribution in [0.2, 0.25) is 0 Å². The first-order chi connectivity index (χ1) is 13.0. The van der Waals surface area contributed by atoms with Gasteiger partial charge in [0.1, 0.15) is 17.3 Å². The highest BCUT2D eigenvalue weighted by Crippen LogP contribution is 2.19. The Morgan fingerprint density at radius 2 is 1.78 bits per heavy atom. The second-order valence-electron chi connectivity index (χ2n) is 6.55. The van der Waals surface area contributed by atoms with E-state index >= 15 is 0 Å². The lowest BCUT2D eigenvalue weighted by Crippen LogP contribution is -2.30. The average molecular weight is 369 g/mol. The van der Waals surface area contributed by atoms with Crippen molar-refractivity contribution >= 4 is 11.7 Å². The molecule has 1 amide bonds. The van der Waals surface area contributed by atoms with Crippen LogP contribution in [0.3, 0.4) is 0 Å². The van der Waals surface area contributed by atoms with E-state index in [0.717, 1.165) is 28.9 Å². The lowest BCUT2D eigenvalue weighted by atomic mass is 10.1. The number of methoxy groups -OCH3 is 1. The summed E-state index contributed by atoms with van der Waals surface area (Å²) in [6.07, 6.45) is 1.95. The molecule has 5 heteroatoms. The van der Waals surface area contributed by atoms with E-state index in [-0.39, 0.29) is 18.3 Å². The summed E-state index contributed by atoms with van der Waals surface area (Å²) in [5, 5.41) is 2.86. The van der Waals surface area contributed by atoms with Gasteiger partial charge < -0.3 is 19.6 Å². The van der Waals surface area contributed by atoms with Gasteiger partial charge in [-0.15, -0.1) is 0 Å². The Kier molecular flexibility index (Phi) is 7.86. The van der Waals surface area contributed by atoms with Gasteiger partial charge in [-0.05, 0) is 56.0 Å². The number of ketones is 1. The van der Waals surface area contributed by atoms with Crippen LogP contribution in [0, 0.1) is 6.92 Å². The second-order valence-corrected chi connectivity index (χ2v) is 6.55. The minimum atomic E-state index is -0.165. The van der Waals surface area contributed by atoms with Crippen LogP contribution < -0.4 is 14.8 Å². The van der Waals surface area contributed by atoms with Crippen molar-refractivity contribution in [3.63, 3.8) is 0 Å². The van der Waals surface area contributed by atoms with Gasteiger partial charge in [0, 0.05) is 13.0 Å². The fourth-order valence-corrected chi connectivity index (χ4v) is 2.71. The number of carbonyl (C=O) groups is 2. The molecule has 0 saturated heterocycles. The number of ether oxygens (including phenoxy) is 2. The average Bonchev–Trinajstić information content (AvgIpc) is 2.65. The van der Waals surface area contributed by atoms with Crippen molar-refractivity contribution in [3.05, 3.63) is 59.2 Å². The van der Waals surface area contributed by atoms with Gasteiger partial charge >= 0.3 is 0 Å². The molecule has 0 aliphatic heterocycles. The molecule has 0 bridgehead atoms. The smallest absolute Gasteiger partial charge is 0.257 e. The van der Waals surface area contributed by atoms with Crippen LogP contribution in [0.4, 0.5) is 0 Å². The van der Waals surface area contributed by atoms with E-state index in [1.54, 1.807) is 14.0 Å². The van der Waals surface area contributed by atoms with Crippen LogP contribution in [0.15, 0.2) is 42.5 Å². The van der Waals surface area contributed by atoms with Crippen LogP contribution >= 0.6 is 0 Å². The number of hydrogen-bond acceptors (Lipinski definition) is 4. The van der Waals surface area contributed by atoms with Gasteiger partial charge in [0.2, 0.25) is 0 Å². The van der Waals surface area contributed by atoms with Gasteiger partial charge in [-0.1, -0.05) is 29.8 Å². The maximum atomic E-state index is 12.0. The quantitative estimate of drug-likeness (QED) is 0.698. The topological polar surface area (TPSA) is 64.6 Å². The van der Waals surface area contributed by atoms with Gasteiger partial charge in [-0.2, -0.15) is 0 Å². The van der Waals surface area contributed by atoms with E-state index in [2.05, 4.69) is 11.4 Å². The number of aryl methyl sites for hydroxylation is 2. The zero-order valence-corrected chi connectivity index (χ0v) is 16.2. The molecule has 0 fully saturated rings. The van der Waals surface area contributed by atoms with Crippen LogP contribution in [-0.4, -0.2) is 32.0 Å². The van der Waals surface area contributed by atoms with Crippen LogP contribution in [0.1, 0.15) is 30.0 Å². The van der Waals surface area contributed by atoms with Gasteiger partial charge in [0.15, 0.2) is 6.61 Å². The van der Waals surface area contributed by atoms with E-state index < -0.39 is 0 Å². The summed E-state index contributed by atoms with van der Waals surface area (Å²) in [5.74, 6) is 1.48. The minimum Gasteiger partial charge on any atom is -0.496 e. The minimum absolute atomic E-state index is 0.0300. The number of hydrogen-bond donors (Lipinski definition) is 1. The first kappa shape index (κ1) is 20.5. The third-order valence-corrected chi connectivity index (χ3v) is 4.21. The SMILES string of the molecule is COc1ccc(C)cc1CCNC(=O)COc1ccc(CCC(C)=O)cc1. The summed E-state index contributed by atoms with van der Waals surface area (Å²) >= 11 is 0. The molecule has 1 N–H and O–H groups in total. The summed E-state index contributed by atoms with van der Waals surface area (Å²) in [6.45, 7) is 4.11. The molecule has 5 nitrogen and oxygen atoms in total. The molecule has 0 unspecified atom stereocenters. The molecular formula is C22H27NO4. The van der Waals surface area contributed by atoms with Gasteiger partial charge in [-0.3, -0.25) is 4.79 Å². The first-order valence-corrected chi connectivity index (χ1v) is 9.09. The Bertz CT molecular complexity index is 768. The summed E-state index contributed by atoms with van der Waals surface area (Å²) in [6, 6.07) is 13.5. The Hall–Kier alpha value is -2.82. The maximum absolute atomic E-state index is 12.0. The molecular weight excluding hydrogens is 342 g/mol. The highest BCUT2D eigenvalue weighted by molar-refractivity contribution is 5.77. The van der Waals surface area contributed by atoms with Crippen molar-refractivity contribution in [2.24, 2.45) is 0 Å². The Morgan fingerprint density at radius 1 is 1.04 bits per heavy atom. The standard InChI is InChI=1S/C22H27NO4/c1-16-4-11-21(26-3)19(14-16)12-13-23-22(25)15-27-20-9-7-18(8-10-20)6-5-17(2)24/h4,7-11,14H,5-6,12-13,15H2,1-3H3,(H,23,25). The van der Waals surface area contributed by atoms with Crippen molar-refractivity contribution < 1.29 is 19.1 Å². The number of nitrogens with one attached hydrogen (secondary N) is 1. The number of carbonyl (C=O) groups excluding carboxylic acids is 2. The summed E-state index contributed by atoms with van der Waals surface area (Å²) in [5.41, 5.74) is 3.31. The van der Waals surface area contributed by atoms with Gasteiger partial charge in [0.05, 0.1) is 7.11 Å². The van der Waals surface area contributed by atoms with Crippen molar-refractivity contribution in [1.29, 1.82) is 0 Å². The number of Topliss-reactive ketones (excluding diaryl/α,β-unsaturated/α-hetero) is 1. The molecule has 0 saturated carbocycles. The zero-order valence-electron chi connectivity index (χ0n) is 16.2. The molecule has 0 aliphatic rings. The number of rotatable bonds is 10. The Morgan fingerprint density at radius 3 is 2.44 bits per heavy atom. The molecule has 0 spiro atoms. The summed E-state index contributed by atoms with van der Waals surface area (Å²) in [7, 11) is 1.64. The predicted molar refractivity (Wildman–Crippen MR) is 105 cm³/mol. The van der Waals surface area contributed by atoms with Crippen LogP contribution in [0.25, 0.3) is 0 Å². The highest BCUT2D eigenvalue weighted by Gasteiger charge is 2.06. The Labute approximate surface area is 160 Å². The fourth-order valence-electron chi connectivity index (χ4n) is 2.71. The van der Waals surface area contributed by atoms with Crippen LogP contribution in [0.5, 0.6) is 11.5 Å². The van der Waals surface area contributed by atoms with E-state index in [1.165, 1.54) is 0 Å². The summed E-state index contributed by atoms with van der Waals surface area (Å²) < 4.78 is 10.9. The first-order valence-electron chi connectivity index (χ1n) is 9.09. The molecule has 0 atom stereocenters. The van der Waals surface area contributed by atoms with Crippen molar-refractivity contribution in [2.75, 3.05) is 20.3 Å². The molecule has 0 aliphatic carbocycles. The zero-order chi connectivity index (χ0) is 19.6. The molecule has 27 heavy (non-hydrogen) atoms. The van der Waals surface area contributed by atoms with E-state index in [1.807, 2.05) is 43.3 Å². The molecule has 2 rings (SSSR count). The molecule has 0 aromatic heterocycles. The Balaban J connectivity index is 1.73. The maximum Gasteiger partial charge on any atom is 0.257 e. The largest absolute Gasteiger partial charge is 0.496 e. The number of benzene rings is 2. The van der Waals surface area contributed by atoms with Gasteiger partial charge in [0.25, 0.3) is 5.91 Å². The summed E-state index contributed by atoms with van der Waals surface area (Å²) in [4.78, 5) is 23.0. The van der Waals surface area contributed by atoms with Crippen LogP contribution in [-0.2, 0) is 22.4 Å². The molecule has 2 aromatic carbocycles. The predicted octanol–water partition coefficient (Wildman–Crippen LogP) is 3.26.